The number of carboxylic acids is 1. The number of amides is 1. The molecule has 1 aliphatic heterocycles. The number of anilines is 1. The van der Waals surface area contributed by atoms with Crippen molar-refractivity contribution in [1.82, 2.24) is 9.78 Å². The van der Waals surface area contributed by atoms with Crippen molar-refractivity contribution in [2.45, 2.75) is 32.9 Å². The first-order chi connectivity index (χ1) is 10.9. The van der Waals surface area contributed by atoms with Crippen LogP contribution in [0.4, 0.5) is 5.82 Å². The zero-order chi connectivity index (χ0) is 16.6. The molecule has 1 amide bonds. The van der Waals surface area contributed by atoms with Crippen molar-refractivity contribution in [3.8, 4) is 5.75 Å². The van der Waals surface area contributed by atoms with Crippen LogP contribution in [-0.2, 0) is 22.6 Å². The van der Waals surface area contributed by atoms with Gasteiger partial charge in [0.15, 0.2) is 11.9 Å². The molecule has 0 fully saturated rings. The number of aromatic nitrogens is 2. The monoisotopic (exact) mass is 315 g/mol. The number of aliphatic carboxylic acids is 1. The summed E-state index contributed by atoms with van der Waals surface area (Å²) in [4.78, 5) is 22.9. The average Bonchev–Trinajstić information content (AvgIpc) is 3.05. The third-order valence-corrected chi connectivity index (χ3v) is 3.83. The third-order valence-electron chi connectivity index (χ3n) is 3.83. The van der Waals surface area contributed by atoms with Crippen LogP contribution in [0.1, 0.15) is 16.7 Å². The minimum absolute atomic E-state index is 0.250. The van der Waals surface area contributed by atoms with Gasteiger partial charge in [-0.2, -0.15) is 5.10 Å². The lowest BCUT2D eigenvalue weighted by Crippen LogP contribution is -2.31. The number of aryl methyl sites for hydroxylation is 2. The van der Waals surface area contributed by atoms with Crippen molar-refractivity contribution in [1.29, 1.82) is 0 Å². The van der Waals surface area contributed by atoms with Gasteiger partial charge in [0, 0.05) is 18.7 Å². The van der Waals surface area contributed by atoms with Crippen LogP contribution in [0.25, 0.3) is 0 Å². The number of carboxylic acid groups (broad SMARTS) is 1. The Labute approximate surface area is 132 Å². The molecule has 0 unspecified atom stereocenters. The quantitative estimate of drug-likeness (QED) is 0.892. The number of fused-ring (bicyclic) bond motifs is 1. The Bertz CT molecular complexity index is 751. The number of carbonyl (C=O) groups excluding carboxylic acids is 1. The van der Waals surface area contributed by atoms with Crippen LogP contribution in [0.2, 0.25) is 0 Å². The molecule has 7 nitrogen and oxygen atoms in total. The molecule has 2 heterocycles. The smallest absolute Gasteiger partial charge is 0.325 e. The van der Waals surface area contributed by atoms with E-state index in [9.17, 15) is 9.59 Å². The maximum absolute atomic E-state index is 12.3. The van der Waals surface area contributed by atoms with Crippen LogP contribution in [0.3, 0.4) is 0 Å². The molecule has 2 N–H and O–H groups in total. The summed E-state index contributed by atoms with van der Waals surface area (Å²) in [7, 11) is 0. The molecule has 0 bridgehead atoms. The van der Waals surface area contributed by atoms with Gasteiger partial charge >= 0.3 is 5.97 Å². The Hall–Kier alpha value is -2.83. The molecule has 0 spiro atoms. The second-order valence-electron chi connectivity index (χ2n) is 5.64. The van der Waals surface area contributed by atoms with E-state index in [2.05, 4.69) is 10.4 Å². The zero-order valence-corrected chi connectivity index (χ0v) is 12.9. The fraction of sp³-hybridized carbons (Fsp3) is 0.312. The van der Waals surface area contributed by atoms with Crippen molar-refractivity contribution in [2.24, 2.45) is 0 Å². The van der Waals surface area contributed by atoms with E-state index in [1.54, 1.807) is 6.07 Å². The van der Waals surface area contributed by atoms with Crippen LogP contribution in [-0.4, -0.2) is 32.9 Å². The number of hydrogen-bond donors (Lipinski definition) is 2. The first-order valence-electron chi connectivity index (χ1n) is 7.25. The number of ether oxygens (including phenoxy) is 1. The Morgan fingerprint density at radius 2 is 2.13 bits per heavy atom. The first-order valence-corrected chi connectivity index (χ1v) is 7.25. The summed E-state index contributed by atoms with van der Waals surface area (Å²) in [6.07, 6.45) is 1.41. The van der Waals surface area contributed by atoms with Gasteiger partial charge < -0.3 is 15.2 Å². The standard InChI is InChI=1S/C16H17N3O4/c1-9-5-11-7-13(23-12(11)6-10(9)2)16(22)17-14-3-4-19(18-14)8-15(20)21/h3-6,13H,7-8H2,1-2H3,(H,20,21)(H,17,18,22)/t13-/m0/s1. The summed E-state index contributed by atoms with van der Waals surface area (Å²) in [6, 6.07) is 5.54. The number of nitrogens with one attached hydrogen (secondary N) is 1. The highest BCUT2D eigenvalue weighted by molar-refractivity contribution is 5.94. The average molecular weight is 315 g/mol. The lowest BCUT2D eigenvalue weighted by atomic mass is 10.0. The van der Waals surface area contributed by atoms with Gasteiger partial charge in [0.25, 0.3) is 5.91 Å². The number of nitrogens with zero attached hydrogens (tertiary/aromatic N) is 2. The maximum Gasteiger partial charge on any atom is 0.325 e. The lowest BCUT2D eigenvalue weighted by molar-refractivity contribution is -0.137. The van der Waals surface area contributed by atoms with E-state index in [1.165, 1.54) is 16.4 Å². The summed E-state index contributed by atoms with van der Waals surface area (Å²) >= 11 is 0. The summed E-state index contributed by atoms with van der Waals surface area (Å²) in [5, 5.41) is 15.3. The molecule has 0 aliphatic carbocycles. The van der Waals surface area contributed by atoms with E-state index in [0.29, 0.717) is 12.2 Å². The Morgan fingerprint density at radius 3 is 2.87 bits per heavy atom. The van der Waals surface area contributed by atoms with Crippen molar-refractivity contribution in [3.63, 3.8) is 0 Å². The Kier molecular flexibility index (Phi) is 3.77. The molecule has 23 heavy (non-hydrogen) atoms. The Balaban J connectivity index is 1.66. The van der Waals surface area contributed by atoms with Crippen LogP contribution in [0, 0.1) is 13.8 Å². The number of carbonyl (C=O) groups is 2. The molecule has 3 rings (SSSR count). The van der Waals surface area contributed by atoms with E-state index in [0.717, 1.165) is 16.9 Å². The van der Waals surface area contributed by atoms with Gasteiger partial charge in [-0.15, -0.1) is 0 Å². The van der Waals surface area contributed by atoms with Gasteiger partial charge in [-0.3, -0.25) is 14.3 Å². The lowest BCUT2D eigenvalue weighted by Gasteiger charge is -2.09. The van der Waals surface area contributed by atoms with Gasteiger partial charge in [0.05, 0.1) is 0 Å². The van der Waals surface area contributed by atoms with E-state index >= 15 is 0 Å². The highest BCUT2D eigenvalue weighted by Crippen LogP contribution is 2.31. The van der Waals surface area contributed by atoms with E-state index in [-0.39, 0.29) is 12.5 Å². The molecule has 0 saturated heterocycles. The molecule has 0 radical (unpaired) electrons. The molecule has 1 aliphatic rings. The zero-order valence-electron chi connectivity index (χ0n) is 12.9. The van der Waals surface area contributed by atoms with Crippen LogP contribution < -0.4 is 10.1 Å². The molecule has 2 aromatic rings. The maximum atomic E-state index is 12.3. The topological polar surface area (TPSA) is 93.5 Å². The van der Waals surface area contributed by atoms with Gasteiger partial charge in [-0.1, -0.05) is 6.07 Å². The molecule has 120 valence electrons. The molecule has 0 saturated carbocycles. The second kappa shape index (κ2) is 5.75. The highest BCUT2D eigenvalue weighted by Gasteiger charge is 2.30. The van der Waals surface area contributed by atoms with Gasteiger partial charge in [0.1, 0.15) is 12.3 Å². The SMILES string of the molecule is Cc1cc2c(cc1C)O[C@H](C(=O)Nc1ccn(CC(=O)O)n1)C2. The molecular weight excluding hydrogens is 298 g/mol. The summed E-state index contributed by atoms with van der Waals surface area (Å²) < 4.78 is 6.95. The minimum Gasteiger partial charge on any atom is -0.480 e. The molecule has 1 aromatic carbocycles. The van der Waals surface area contributed by atoms with Crippen molar-refractivity contribution >= 4 is 17.7 Å². The fourth-order valence-corrected chi connectivity index (χ4v) is 2.52. The van der Waals surface area contributed by atoms with Gasteiger partial charge in [-0.05, 0) is 36.6 Å². The van der Waals surface area contributed by atoms with E-state index in [4.69, 9.17) is 9.84 Å². The van der Waals surface area contributed by atoms with Crippen LogP contribution in [0.15, 0.2) is 24.4 Å². The van der Waals surface area contributed by atoms with Crippen molar-refractivity contribution in [3.05, 3.63) is 41.1 Å². The summed E-state index contributed by atoms with van der Waals surface area (Å²) in [5.41, 5.74) is 3.31. The minimum atomic E-state index is -0.994. The normalized spacial score (nSPS) is 15.8. The van der Waals surface area contributed by atoms with Crippen LogP contribution >= 0.6 is 0 Å². The van der Waals surface area contributed by atoms with E-state index in [1.807, 2.05) is 26.0 Å². The summed E-state index contributed by atoms with van der Waals surface area (Å²) in [6.45, 7) is 3.78. The van der Waals surface area contributed by atoms with Gasteiger partial charge in [-0.25, -0.2) is 0 Å². The van der Waals surface area contributed by atoms with Crippen LogP contribution in [0.5, 0.6) is 5.75 Å². The predicted molar refractivity (Wildman–Crippen MR) is 82.5 cm³/mol. The first kappa shape index (κ1) is 15.1. The second-order valence-corrected chi connectivity index (χ2v) is 5.64. The number of hydrogen-bond acceptors (Lipinski definition) is 4. The Morgan fingerprint density at radius 1 is 1.39 bits per heavy atom. The summed E-state index contributed by atoms with van der Waals surface area (Å²) in [5.74, 6) is -0.240. The molecule has 1 aromatic heterocycles. The van der Waals surface area contributed by atoms with Gasteiger partial charge in [0.2, 0.25) is 0 Å². The largest absolute Gasteiger partial charge is 0.480 e. The van der Waals surface area contributed by atoms with E-state index < -0.39 is 12.1 Å². The van der Waals surface area contributed by atoms with Crippen molar-refractivity contribution in [2.75, 3.05) is 5.32 Å². The predicted octanol–water partition coefficient (Wildman–Crippen LogP) is 1.53. The molecular formula is C16H17N3O4. The number of rotatable bonds is 4. The third kappa shape index (κ3) is 3.18. The molecule has 1 atom stereocenters. The fourth-order valence-electron chi connectivity index (χ4n) is 2.52. The highest BCUT2D eigenvalue weighted by atomic mass is 16.5. The van der Waals surface area contributed by atoms with Crippen molar-refractivity contribution < 1.29 is 19.4 Å². The molecule has 7 heteroatoms. The number of benzene rings is 1.